The van der Waals surface area contributed by atoms with Gasteiger partial charge in [-0.25, -0.2) is 0 Å². The van der Waals surface area contributed by atoms with Crippen LogP contribution in [0, 0.1) is 0 Å². The molecular weight excluding hydrogens is 294 g/mol. The Hall–Kier alpha value is -2.77. The minimum Gasteiger partial charge on any atom is -0.423 e. The van der Waals surface area contributed by atoms with Gasteiger partial charge in [0, 0.05) is 13.1 Å². The van der Waals surface area contributed by atoms with E-state index in [2.05, 4.69) is 20.8 Å². The fourth-order valence-corrected chi connectivity index (χ4v) is 2.07. The van der Waals surface area contributed by atoms with Crippen LogP contribution in [0.15, 0.2) is 54.6 Å². The molecule has 118 valence electrons. The zero-order chi connectivity index (χ0) is 15.9. The minimum absolute atomic E-state index is 0.128. The average Bonchev–Trinajstić information content (AvgIpc) is 3.06. The number of hydrogen-bond donors (Lipinski definition) is 2. The molecule has 0 saturated heterocycles. The Morgan fingerprint density at radius 1 is 1.04 bits per heavy atom. The Balaban J connectivity index is 1.70. The topological polar surface area (TPSA) is 85.1 Å². The van der Waals surface area contributed by atoms with Crippen LogP contribution in [0.1, 0.15) is 5.56 Å². The first-order valence-electron chi connectivity index (χ1n) is 7.29. The summed E-state index contributed by atoms with van der Waals surface area (Å²) in [5.74, 6) is 0.655. The van der Waals surface area contributed by atoms with Crippen molar-refractivity contribution >= 4 is 0 Å². The molecule has 3 rings (SSSR count). The molecule has 0 aliphatic rings. The van der Waals surface area contributed by atoms with E-state index in [9.17, 15) is 0 Å². The molecule has 0 aliphatic carbocycles. The molecule has 7 nitrogen and oxygen atoms in total. The first kappa shape index (κ1) is 15.1. The van der Waals surface area contributed by atoms with Crippen molar-refractivity contribution in [2.24, 2.45) is 0 Å². The summed E-state index contributed by atoms with van der Waals surface area (Å²) in [6, 6.07) is 17.5. The highest BCUT2D eigenvalue weighted by atomic mass is 16.5. The number of hydrogen-bond acceptors (Lipinski definition) is 6. The van der Waals surface area contributed by atoms with Crippen molar-refractivity contribution in [1.82, 2.24) is 25.5 Å². The number of para-hydroxylation sites is 1. The summed E-state index contributed by atoms with van der Waals surface area (Å²) in [5, 5.41) is 23.4. The molecule has 1 heterocycles. The highest BCUT2D eigenvalue weighted by Crippen LogP contribution is 2.21. The van der Waals surface area contributed by atoms with Crippen LogP contribution in [0.3, 0.4) is 0 Å². The third-order valence-electron chi connectivity index (χ3n) is 3.19. The molecule has 0 atom stereocenters. The number of rotatable bonds is 7. The van der Waals surface area contributed by atoms with Crippen molar-refractivity contribution in [3.8, 4) is 17.4 Å². The van der Waals surface area contributed by atoms with Crippen molar-refractivity contribution in [2.75, 3.05) is 13.2 Å². The van der Waals surface area contributed by atoms with Crippen molar-refractivity contribution in [3.05, 3.63) is 60.2 Å². The van der Waals surface area contributed by atoms with Crippen LogP contribution in [-0.4, -0.2) is 38.5 Å². The maximum Gasteiger partial charge on any atom is 0.345 e. The summed E-state index contributed by atoms with van der Waals surface area (Å²) in [6.45, 7) is 1.40. The summed E-state index contributed by atoms with van der Waals surface area (Å²) >= 11 is 0. The van der Waals surface area contributed by atoms with Gasteiger partial charge in [-0.15, -0.1) is 0 Å². The van der Waals surface area contributed by atoms with Crippen LogP contribution in [-0.2, 0) is 6.54 Å². The molecule has 2 N–H and O–H groups in total. The maximum absolute atomic E-state index is 8.75. The molecule has 0 bridgehead atoms. The molecule has 0 fully saturated rings. The van der Waals surface area contributed by atoms with E-state index in [1.807, 2.05) is 54.6 Å². The lowest BCUT2D eigenvalue weighted by atomic mass is 10.2. The van der Waals surface area contributed by atoms with Gasteiger partial charge in [0.2, 0.25) is 0 Å². The molecule has 23 heavy (non-hydrogen) atoms. The zero-order valence-corrected chi connectivity index (χ0v) is 12.5. The van der Waals surface area contributed by atoms with Crippen molar-refractivity contribution < 1.29 is 9.84 Å². The van der Waals surface area contributed by atoms with E-state index >= 15 is 0 Å². The summed E-state index contributed by atoms with van der Waals surface area (Å²) in [5.41, 5.74) is 1.94. The zero-order valence-electron chi connectivity index (χ0n) is 12.5. The molecule has 2 aromatic carbocycles. The molecule has 0 amide bonds. The smallest absolute Gasteiger partial charge is 0.345 e. The third kappa shape index (κ3) is 3.91. The molecule has 1 aromatic heterocycles. The minimum atomic E-state index is 0.128. The van der Waals surface area contributed by atoms with Gasteiger partial charge >= 0.3 is 6.01 Å². The van der Waals surface area contributed by atoms with Crippen molar-refractivity contribution in [2.45, 2.75) is 6.54 Å². The van der Waals surface area contributed by atoms with Crippen molar-refractivity contribution in [3.63, 3.8) is 0 Å². The highest BCUT2D eigenvalue weighted by molar-refractivity contribution is 5.34. The Kier molecular flexibility index (Phi) is 4.92. The van der Waals surface area contributed by atoms with Crippen LogP contribution in [0.5, 0.6) is 11.8 Å². The lowest BCUT2D eigenvalue weighted by Gasteiger charge is -2.07. The van der Waals surface area contributed by atoms with Gasteiger partial charge in [0.05, 0.1) is 12.3 Å². The van der Waals surface area contributed by atoms with Gasteiger partial charge in [0.15, 0.2) is 0 Å². The maximum atomic E-state index is 8.75. The number of tetrazole rings is 1. The van der Waals surface area contributed by atoms with Gasteiger partial charge in [0.25, 0.3) is 0 Å². The molecule has 0 saturated carbocycles. The molecule has 0 aliphatic heterocycles. The summed E-state index contributed by atoms with van der Waals surface area (Å²) in [7, 11) is 0. The molecular formula is C16H17N5O2. The summed E-state index contributed by atoms with van der Waals surface area (Å²) < 4.78 is 7.29. The van der Waals surface area contributed by atoms with E-state index in [-0.39, 0.29) is 6.61 Å². The second kappa shape index (κ2) is 7.48. The molecule has 0 radical (unpaired) electrons. The SMILES string of the molecule is OCCNCc1ccc(Oc2nnnn2-c2ccccc2)cc1. The Morgan fingerprint density at radius 2 is 1.83 bits per heavy atom. The van der Waals surface area contributed by atoms with E-state index in [0.29, 0.717) is 24.8 Å². The summed E-state index contributed by atoms with van der Waals surface area (Å²) in [6.07, 6.45) is 0. The van der Waals surface area contributed by atoms with Gasteiger partial charge in [0.1, 0.15) is 5.75 Å². The number of ether oxygens (including phenoxy) is 1. The Labute approximate surface area is 133 Å². The second-order valence-corrected chi connectivity index (χ2v) is 4.86. The first-order valence-corrected chi connectivity index (χ1v) is 7.29. The molecule has 0 spiro atoms. The number of benzene rings is 2. The summed E-state index contributed by atoms with van der Waals surface area (Å²) in [4.78, 5) is 0. The predicted octanol–water partition coefficient (Wildman–Crippen LogP) is 1.54. The fourth-order valence-electron chi connectivity index (χ4n) is 2.07. The van der Waals surface area contributed by atoms with Crippen LogP contribution in [0.25, 0.3) is 5.69 Å². The normalized spacial score (nSPS) is 10.7. The monoisotopic (exact) mass is 311 g/mol. The number of aromatic nitrogens is 4. The number of nitrogens with one attached hydrogen (secondary N) is 1. The number of aliphatic hydroxyl groups is 1. The second-order valence-electron chi connectivity index (χ2n) is 4.86. The quantitative estimate of drug-likeness (QED) is 0.644. The Morgan fingerprint density at radius 3 is 2.57 bits per heavy atom. The van der Waals surface area contributed by atoms with Gasteiger partial charge in [-0.1, -0.05) is 35.4 Å². The van der Waals surface area contributed by atoms with Crippen LogP contribution >= 0.6 is 0 Å². The largest absolute Gasteiger partial charge is 0.423 e. The number of nitrogens with zero attached hydrogens (tertiary/aromatic N) is 4. The van der Waals surface area contributed by atoms with E-state index in [1.54, 1.807) is 0 Å². The van der Waals surface area contributed by atoms with Crippen LogP contribution in [0.4, 0.5) is 0 Å². The van der Waals surface area contributed by atoms with Gasteiger partial charge in [-0.3, -0.25) is 0 Å². The molecule has 0 unspecified atom stereocenters. The van der Waals surface area contributed by atoms with E-state index in [4.69, 9.17) is 9.84 Å². The number of aliphatic hydroxyl groups excluding tert-OH is 1. The molecule has 7 heteroatoms. The van der Waals surface area contributed by atoms with Crippen LogP contribution in [0.2, 0.25) is 0 Å². The van der Waals surface area contributed by atoms with Gasteiger partial charge < -0.3 is 15.2 Å². The fraction of sp³-hybridized carbons (Fsp3) is 0.188. The average molecular weight is 311 g/mol. The standard InChI is InChI=1S/C16H17N5O2/c22-11-10-17-12-13-6-8-15(9-7-13)23-16-18-19-20-21(16)14-4-2-1-3-5-14/h1-9,17,22H,10-12H2. The van der Waals surface area contributed by atoms with Crippen LogP contribution < -0.4 is 10.1 Å². The molecule has 3 aromatic rings. The van der Waals surface area contributed by atoms with E-state index in [1.165, 1.54) is 4.68 Å². The first-order chi connectivity index (χ1) is 11.4. The van der Waals surface area contributed by atoms with Crippen molar-refractivity contribution in [1.29, 1.82) is 0 Å². The Bertz CT molecular complexity index is 728. The highest BCUT2D eigenvalue weighted by Gasteiger charge is 2.10. The van der Waals surface area contributed by atoms with Gasteiger partial charge in [-0.05, 0) is 40.3 Å². The lowest BCUT2D eigenvalue weighted by Crippen LogP contribution is -2.17. The van der Waals surface area contributed by atoms with E-state index in [0.717, 1.165) is 11.3 Å². The third-order valence-corrected chi connectivity index (χ3v) is 3.19. The lowest BCUT2D eigenvalue weighted by molar-refractivity contribution is 0.292. The van der Waals surface area contributed by atoms with E-state index < -0.39 is 0 Å². The van der Waals surface area contributed by atoms with Gasteiger partial charge in [-0.2, -0.15) is 4.68 Å². The predicted molar refractivity (Wildman–Crippen MR) is 84.5 cm³/mol.